The largest absolute Gasteiger partial charge is 0.309 e. The highest BCUT2D eigenvalue weighted by Crippen LogP contribution is 2.42. The van der Waals surface area contributed by atoms with Crippen LogP contribution in [0, 0.1) is 0 Å². The Labute approximate surface area is 197 Å². The molecule has 0 spiro atoms. The summed E-state index contributed by atoms with van der Waals surface area (Å²) in [6, 6.07) is 34.1. The van der Waals surface area contributed by atoms with Gasteiger partial charge in [-0.15, -0.1) is 0 Å². The van der Waals surface area contributed by atoms with Crippen molar-refractivity contribution in [3.8, 4) is 16.9 Å². The summed E-state index contributed by atoms with van der Waals surface area (Å²) in [5.74, 6) is 0.123. The van der Waals surface area contributed by atoms with Gasteiger partial charge in [-0.05, 0) is 48.0 Å². The fourth-order valence-corrected chi connectivity index (χ4v) is 5.24. The van der Waals surface area contributed by atoms with Crippen molar-refractivity contribution >= 4 is 27.9 Å². The molecule has 3 nitrogen and oxygen atoms in total. The molecule has 0 aliphatic heterocycles. The van der Waals surface area contributed by atoms with Crippen molar-refractivity contribution in [2.45, 2.75) is 5.92 Å². The number of allylic oxidation sites excluding steroid dienone is 1. The van der Waals surface area contributed by atoms with Gasteiger partial charge in [0.2, 0.25) is 0 Å². The van der Waals surface area contributed by atoms with E-state index in [0.717, 1.165) is 17.0 Å². The molecule has 1 atom stereocenters. The lowest BCUT2D eigenvalue weighted by Crippen LogP contribution is -2.01. The predicted octanol–water partition coefficient (Wildman–Crippen LogP) is 7.40. The highest BCUT2D eigenvalue weighted by Gasteiger charge is 2.25. The van der Waals surface area contributed by atoms with Crippen molar-refractivity contribution in [2.24, 2.45) is 0 Å². The zero-order valence-corrected chi connectivity index (χ0v) is 18.5. The number of nitrogens with zero attached hydrogens (tertiary/aromatic N) is 3. The molecule has 3 aromatic carbocycles. The Bertz CT molecular complexity index is 1700. The molecule has 1 aliphatic carbocycles. The molecule has 0 N–H and O–H groups in total. The number of pyridine rings is 2. The molecule has 7 rings (SSSR count). The van der Waals surface area contributed by atoms with E-state index >= 15 is 0 Å². The quantitative estimate of drug-likeness (QED) is 0.290. The minimum Gasteiger partial charge on any atom is -0.309 e. The van der Waals surface area contributed by atoms with E-state index in [1.165, 1.54) is 38.6 Å². The van der Waals surface area contributed by atoms with Crippen LogP contribution in [0.4, 0.5) is 0 Å². The van der Waals surface area contributed by atoms with Crippen LogP contribution in [-0.4, -0.2) is 14.5 Å². The number of benzene rings is 3. The summed E-state index contributed by atoms with van der Waals surface area (Å²) in [6.45, 7) is 0. The third-order valence-corrected chi connectivity index (χ3v) is 6.76. The summed E-state index contributed by atoms with van der Waals surface area (Å²) in [7, 11) is 0. The smallest absolute Gasteiger partial charge is 0.0721 e. The average molecular weight is 436 g/mol. The van der Waals surface area contributed by atoms with Crippen molar-refractivity contribution < 1.29 is 0 Å². The average Bonchev–Trinajstić information content (AvgIpc) is 3.49. The lowest BCUT2D eigenvalue weighted by Gasteiger charge is -2.14. The van der Waals surface area contributed by atoms with Gasteiger partial charge in [-0.3, -0.25) is 9.97 Å². The molecule has 3 heteroatoms. The maximum atomic E-state index is 5.03. The minimum atomic E-state index is 0.123. The van der Waals surface area contributed by atoms with E-state index in [2.05, 4.69) is 113 Å². The van der Waals surface area contributed by atoms with Crippen LogP contribution in [-0.2, 0) is 0 Å². The van der Waals surface area contributed by atoms with Crippen LogP contribution in [0.25, 0.3) is 44.8 Å². The Hall–Kier alpha value is -4.50. The van der Waals surface area contributed by atoms with Crippen molar-refractivity contribution in [1.82, 2.24) is 14.5 Å². The number of fused-ring (bicyclic) bond motifs is 5. The second kappa shape index (κ2) is 7.53. The molecule has 0 saturated heterocycles. The fraction of sp³-hybridized carbons (Fsp3) is 0.0323. The Balaban J connectivity index is 1.44. The van der Waals surface area contributed by atoms with Gasteiger partial charge in [-0.2, -0.15) is 0 Å². The third-order valence-electron chi connectivity index (χ3n) is 6.76. The first-order valence-corrected chi connectivity index (χ1v) is 11.6. The van der Waals surface area contributed by atoms with Gasteiger partial charge in [0, 0.05) is 45.9 Å². The highest BCUT2D eigenvalue weighted by atomic mass is 15.0. The van der Waals surface area contributed by atoms with E-state index < -0.39 is 0 Å². The Morgan fingerprint density at radius 3 is 2.47 bits per heavy atom. The molecular formula is C31H21N3. The minimum absolute atomic E-state index is 0.123. The molecule has 0 radical (unpaired) electrons. The molecule has 34 heavy (non-hydrogen) atoms. The Kier molecular flexibility index (Phi) is 4.21. The maximum Gasteiger partial charge on any atom is 0.0721 e. The first-order valence-electron chi connectivity index (χ1n) is 11.6. The lowest BCUT2D eigenvalue weighted by atomic mass is 9.95. The number of para-hydroxylation sites is 2. The summed E-state index contributed by atoms with van der Waals surface area (Å²) < 4.78 is 2.40. The van der Waals surface area contributed by atoms with Crippen molar-refractivity contribution in [2.75, 3.05) is 0 Å². The predicted molar refractivity (Wildman–Crippen MR) is 139 cm³/mol. The Morgan fingerprint density at radius 2 is 1.59 bits per heavy atom. The number of rotatable bonds is 3. The molecule has 160 valence electrons. The molecule has 0 bridgehead atoms. The summed E-state index contributed by atoms with van der Waals surface area (Å²) in [5.41, 5.74) is 9.27. The van der Waals surface area contributed by atoms with E-state index in [9.17, 15) is 0 Å². The van der Waals surface area contributed by atoms with Gasteiger partial charge < -0.3 is 4.57 Å². The van der Waals surface area contributed by atoms with Crippen LogP contribution in [0.15, 0.2) is 116 Å². The maximum absolute atomic E-state index is 5.03. The van der Waals surface area contributed by atoms with Gasteiger partial charge in [0.05, 0.1) is 22.4 Å². The van der Waals surface area contributed by atoms with E-state index in [0.29, 0.717) is 0 Å². The molecule has 1 aliphatic rings. The van der Waals surface area contributed by atoms with Crippen LogP contribution in [0.3, 0.4) is 0 Å². The molecular weight excluding hydrogens is 414 g/mol. The highest BCUT2D eigenvalue weighted by molar-refractivity contribution is 6.12. The van der Waals surface area contributed by atoms with E-state index in [1.807, 2.05) is 12.3 Å². The lowest BCUT2D eigenvalue weighted by molar-refractivity contribution is 0.974. The molecule has 3 aromatic heterocycles. The first kappa shape index (κ1) is 19.0. The van der Waals surface area contributed by atoms with Crippen LogP contribution >= 0.6 is 0 Å². The van der Waals surface area contributed by atoms with Gasteiger partial charge in [-0.25, -0.2) is 0 Å². The summed E-state index contributed by atoms with van der Waals surface area (Å²) in [6.07, 6.45) is 8.22. The van der Waals surface area contributed by atoms with Crippen molar-refractivity contribution in [3.05, 3.63) is 132 Å². The first-order chi connectivity index (χ1) is 16.9. The van der Waals surface area contributed by atoms with Crippen LogP contribution in [0.2, 0.25) is 0 Å². The molecule has 6 aromatic rings. The standard InChI is InChI=1S/C31H21N3/c1-2-9-22(10-3-1)34-30-14-5-4-11-25(30)27-17-15-23-24(16-18-26(23)31(27)34)29-13-6-12-28(33-29)21-8-7-19-32-20-21/h1-20,24H. The second-order valence-corrected chi connectivity index (χ2v) is 8.68. The van der Waals surface area contributed by atoms with Crippen molar-refractivity contribution in [1.29, 1.82) is 0 Å². The van der Waals surface area contributed by atoms with Gasteiger partial charge in [0.1, 0.15) is 0 Å². The van der Waals surface area contributed by atoms with Gasteiger partial charge in [0.15, 0.2) is 0 Å². The van der Waals surface area contributed by atoms with Gasteiger partial charge in [-0.1, -0.05) is 66.7 Å². The number of hydrogen-bond donors (Lipinski definition) is 0. The topological polar surface area (TPSA) is 30.7 Å². The molecule has 0 saturated carbocycles. The monoisotopic (exact) mass is 435 g/mol. The van der Waals surface area contributed by atoms with Crippen molar-refractivity contribution in [3.63, 3.8) is 0 Å². The zero-order valence-electron chi connectivity index (χ0n) is 18.5. The van der Waals surface area contributed by atoms with Gasteiger partial charge in [0.25, 0.3) is 0 Å². The summed E-state index contributed by atoms with van der Waals surface area (Å²) in [5, 5.41) is 2.55. The second-order valence-electron chi connectivity index (χ2n) is 8.68. The molecule has 1 unspecified atom stereocenters. The van der Waals surface area contributed by atoms with E-state index in [4.69, 9.17) is 4.98 Å². The SMILES string of the molecule is C1=CC(c2cccc(-c3cccnc3)n2)c2ccc3c4ccccc4n(-c4ccccc4)c3c21. The van der Waals surface area contributed by atoms with Crippen LogP contribution < -0.4 is 0 Å². The normalized spacial score (nSPS) is 14.6. The van der Waals surface area contributed by atoms with Crippen LogP contribution in [0.1, 0.15) is 22.7 Å². The van der Waals surface area contributed by atoms with Gasteiger partial charge >= 0.3 is 0 Å². The summed E-state index contributed by atoms with van der Waals surface area (Å²) >= 11 is 0. The molecule has 0 fully saturated rings. The molecule has 3 heterocycles. The third kappa shape index (κ3) is 2.84. The number of hydrogen-bond acceptors (Lipinski definition) is 2. The fourth-order valence-electron chi connectivity index (χ4n) is 5.24. The number of aromatic nitrogens is 3. The molecule has 0 amide bonds. The zero-order chi connectivity index (χ0) is 22.5. The van der Waals surface area contributed by atoms with E-state index in [-0.39, 0.29) is 5.92 Å². The summed E-state index contributed by atoms with van der Waals surface area (Å²) in [4.78, 5) is 9.29. The van der Waals surface area contributed by atoms with E-state index in [1.54, 1.807) is 6.20 Å². The van der Waals surface area contributed by atoms with Crippen LogP contribution in [0.5, 0.6) is 0 Å². The Morgan fingerprint density at radius 1 is 0.706 bits per heavy atom.